The van der Waals surface area contributed by atoms with Gasteiger partial charge >= 0.3 is 0 Å². The Kier molecular flexibility index (Phi) is 3.72. The van der Waals surface area contributed by atoms with Crippen molar-refractivity contribution in [3.05, 3.63) is 53.4 Å². The highest BCUT2D eigenvalue weighted by Gasteiger charge is 2.12. The lowest BCUT2D eigenvalue weighted by atomic mass is 10.0. The summed E-state index contributed by atoms with van der Waals surface area (Å²) in [4.78, 5) is 0. The number of hydrogen-bond acceptors (Lipinski definition) is 2. The maximum Gasteiger partial charge on any atom is 0.159 e. The van der Waals surface area contributed by atoms with E-state index in [-0.39, 0.29) is 0 Å². The molecule has 0 aliphatic carbocycles. The molecule has 0 bridgehead atoms. The third-order valence-electron chi connectivity index (χ3n) is 2.77. The van der Waals surface area contributed by atoms with Crippen molar-refractivity contribution < 1.29 is 13.9 Å². The van der Waals surface area contributed by atoms with E-state index in [1.807, 2.05) is 13.1 Å². The van der Waals surface area contributed by atoms with Crippen LogP contribution in [0.2, 0.25) is 0 Å². The zero-order valence-electron chi connectivity index (χ0n) is 9.98. The largest absolute Gasteiger partial charge is 0.388 e. The van der Waals surface area contributed by atoms with Gasteiger partial charge in [0.25, 0.3) is 0 Å². The van der Waals surface area contributed by atoms with Crippen LogP contribution in [0.25, 0.3) is 0 Å². The first-order valence-electron chi connectivity index (χ1n) is 5.74. The number of aliphatic hydroxyl groups is 1. The SMILES string of the molecule is CCn1cc(CC(O)c2ccc(F)c(F)c2)cn1. The van der Waals surface area contributed by atoms with Crippen LogP contribution in [0.3, 0.4) is 0 Å². The molecule has 1 aromatic heterocycles. The lowest BCUT2D eigenvalue weighted by molar-refractivity contribution is 0.178. The van der Waals surface area contributed by atoms with Crippen molar-refractivity contribution in [3.8, 4) is 0 Å². The first-order valence-corrected chi connectivity index (χ1v) is 5.74. The van der Waals surface area contributed by atoms with Gasteiger partial charge in [-0.3, -0.25) is 4.68 Å². The number of aryl methyl sites for hydroxylation is 1. The Balaban J connectivity index is 2.11. The van der Waals surface area contributed by atoms with Gasteiger partial charge in [-0.15, -0.1) is 0 Å². The van der Waals surface area contributed by atoms with Crippen LogP contribution in [0.5, 0.6) is 0 Å². The minimum atomic E-state index is -0.948. The van der Waals surface area contributed by atoms with Gasteiger partial charge in [0, 0.05) is 19.2 Å². The summed E-state index contributed by atoms with van der Waals surface area (Å²) >= 11 is 0. The van der Waals surface area contributed by atoms with E-state index >= 15 is 0 Å². The van der Waals surface area contributed by atoms with Crippen LogP contribution in [-0.4, -0.2) is 14.9 Å². The van der Waals surface area contributed by atoms with Crippen LogP contribution in [0, 0.1) is 11.6 Å². The summed E-state index contributed by atoms with van der Waals surface area (Å²) in [6, 6.07) is 3.42. The third-order valence-corrected chi connectivity index (χ3v) is 2.77. The van der Waals surface area contributed by atoms with E-state index in [9.17, 15) is 13.9 Å². The predicted molar refractivity (Wildman–Crippen MR) is 62.9 cm³/mol. The molecule has 0 aliphatic heterocycles. The molecule has 1 unspecified atom stereocenters. The molecule has 1 aromatic carbocycles. The van der Waals surface area contributed by atoms with Crippen molar-refractivity contribution in [2.45, 2.75) is 26.0 Å². The summed E-state index contributed by atoms with van der Waals surface area (Å²) in [5, 5.41) is 14.0. The second-order valence-electron chi connectivity index (χ2n) is 4.10. The first-order chi connectivity index (χ1) is 8.60. The highest BCUT2D eigenvalue weighted by molar-refractivity contribution is 5.22. The maximum atomic E-state index is 13.0. The van der Waals surface area contributed by atoms with Gasteiger partial charge < -0.3 is 5.11 Å². The van der Waals surface area contributed by atoms with Gasteiger partial charge in [0.15, 0.2) is 11.6 Å². The zero-order valence-corrected chi connectivity index (χ0v) is 9.98. The molecule has 2 rings (SSSR count). The molecule has 0 radical (unpaired) electrons. The summed E-state index contributed by atoms with van der Waals surface area (Å²) < 4.78 is 27.5. The van der Waals surface area contributed by atoms with E-state index in [4.69, 9.17) is 0 Å². The lowest BCUT2D eigenvalue weighted by Crippen LogP contribution is -2.02. The van der Waals surface area contributed by atoms with Crippen molar-refractivity contribution in [1.29, 1.82) is 0 Å². The molecular weight excluding hydrogens is 238 g/mol. The summed E-state index contributed by atoms with van der Waals surface area (Å²) in [7, 11) is 0. The molecule has 0 saturated heterocycles. The van der Waals surface area contributed by atoms with Crippen LogP contribution in [0.1, 0.15) is 24.2 Å². The maximum absolute atomic E-state index is 13.0. The van der Waals surface area contributed by atoms with Gasteiger partial charge in [-0.25, -0.2) is 8.78 Å². The summed E-state index contributed by atoms with van der Waals surface area (Å²) in [6.07, 6.45) is 2.94. The van der Waals surface area contributed by atoms with Crippen molar-refractivity contribution >= 4 is 0 Å². The van der Waals surface area contributed by atoms with Crippen LogP contribution in [0.4, 0.5) is 8.78 Å². The number of nitrogens with zero attached hydrogens (tertiary/aromatic N) is 2. The molecule has 18 heavy (non-hydrogen) atoms. The third kappa shape index (κ3) is 2.73. The number of hydrogen-bond donors (Lipinski definition) is 1. The second-order valence-corrected chi connectivity index (χ2v) is 4.10. The van der Waals surface area contributed by atoms with Crippen LogP contribution in [-0.2, 0) is 13.0 Å². The predicted octanol–water partition coefficient (Wildman–Crippen LogP) is 2.46. The standard InChI is InChI=1S/C13H14F2N2O/c1-2-17-8-9(7-16-17)5-13(18)10-3-4-11(14)12(15)6-10/h3-4,6-8,13,18H,2,5H2,1H3. The van der Waals surface area contributed by atoms with E-state index < -0.39 is 17.7 Å². The second kappa shape index (κ2) is 5.27. The molecular formula is C13H14F2N2O. The highest BCUT2D eigenvalue weighted by atomic mass is 19.2. The van der Waals surface area contributed by atoms with Crippen molar-refractivity contribution in [3.63, 3.8) is 0 Å². The topological polar surface area (TPSA) is 38.0 Å². The molecule has 0 fully saturated rings. The molecule has 0 spiro atoms. The monoisotopic (exact) mass is 252 g/mol. The van der Waals surface area contributed by atoms with E-state index in [0.29, 0.717) is 12.0 Å². The summed E-state index contributed by atoms with van der Waals surface area (Å²) in [6.45, 7) is 2.71. The molecule has 3 nitrogen and oxygen atoms in total. The van der Waals surface area contributed by atoms with E-state index in [2.05, 4.69) is 5.10 Å². The van der Waals surface area contributed by atoms with Gasteiger partial charge in [0.2, 0.25) is 0 Å². The van der Waals surface area contributed by atoms with E-state index in [1.165, 1.54) is 6.07 Å². The van der Waals surface area contributed by atoms with Gasteiger partial charge in [-0.2, -0.15) is 5.10 Å². The average molecular weight is 252 g/mol. The number of aromatic nitrogens is 2. The summed E-state index contributed by atoms with van der Waals surface area (Å²) in [5.41, 5.74) is 1.22. The lowest BCUT2D eigenvalue weighted by Gasteiger charge is -2.09. The Morgan fingerprint density at radius 1 is 1.33 bits per heavy atom. The van der Waals surface area contributed by atoms with Gasteiger partial charge in [-0.05, 0) is 30.2 Å². The minimum Gasteiger partial charge on any atom is -0.388 e. The van der Waals surface area contributed by atoms with Crippen LogP contribution in [0.15, 0.2) is 30.6 Å². The Morgan fingerprint density at radius 2 is 2.11 bits per heavy atom. The van der Waals surface area contributed by atoms with Gasteiger partial charge in [0.1, 0.15) is 0 Å². The summed E-state index contributed by atoms with van der Waals surface area (Å²) in [5.74, 6) is -1.86. The number of aliphatic hydroxyl groups excluding tert-OH is 1. The molecule has 1 N–H and O–H groups in total. The molecule has 2 aromatic rings. The number of rotatable bonds is 4. The first kappa shape index (κ1) is 12.7. The Hall–Kier alpha value is -1.75. The van der Waals surface area contributed by atoms with Crippen molar-refractivity contribution in [1.82, 2.24) is 9.78 Å². The van der Waals surface area contributed by atoms with E-state index in [0.717, 1.165) is 24.2 Å². The fourth-order valence-electron chi connectivity index (χ4n) is 1.75. The quantitative estimate of drug-likeness (QED) is 0.907. The van der Waals surface area contributed by atoms with Crippen LogP contribution >= 0.6 is 0 Å². The van der Waals surface area contributed by atoms with E-state index in [1.54, 1.807) is 10.9 Å². The Morgan fingerprint density at radius 3 is 2.72 bits per heavy atom. The van der Waals surface area contributed by atoms with Crippen molar-refractivity contribution in [2.75, 3.05) is 0 Å². The highest BCUT2D eigenvalue weighted by Crippen LogP contribution is 2.20. The smallest absolute Gasteiger partial charge is 0.159 e. The fraction of sp³-hybridized carbons (Fsp3) is 0.308. The van der Waals surface area contributed by atoms with Gasteiger partial charge in [-0.1, -0.05) is 6.07 Å². The Bertz CT molecular complexity index is 540. The Labute approximate surface area is 104 Å². The molecule has 5 heteroatoms. The number of benzene rings is 1. The fourth-order valence-corrected chi connectivity index (χ4v) is 1.75. The normalized spacial score (nSPS) is 12.7. The molecule has 0 aliphatic rings. The van der Waals surface area contributed by atoms with Crippen molar-refractivity contribution in [2.24, 2.45) is 0 Å². The zero-order chi connectivity index (χ0) is 13.1. The van der Waals surface area contributed by atoms with Crippen LogP contribution < -0.4 is 0 Å². The van der Waals surface area contributed by atoms with Gasteiger partial charge in [0.05, 0.1) is 12.3 Å². The molecule has 0 saturated carbocycles. The number of halogens is 2. The minimum absolute atomic E-state index is 0.324. The molecule has 1 heterocycles. The average Bonchev–Trinajstić information content (AvgIpc) is 2.80. The molecule has 1 atom stereocenters. The molecule has 96 valence electrons. The molecule has 0 amide bonds.